The zero-order chi connectivity index (χ0) is 11.8. The molecule has 15 heavy (non-hydrogen) atoms. The zero-order valence-electron chi connectivity index (χ0n) is 11.0. The van der Waals surface area contributed by atoms with Gasteiger partial charge in [0.05, 0.1) is 0 Å². The Morgan fingerprint density at radius 2 is 1.87 bits per heavy atom. The summed E-state index contributed by atoms with van der Waals surface area (Å²) in [7, 11) is 2.12. The molecular weight excluding hydrogens is 184 g/mol. The fourth-order valence-corrected chi connectivity index (χ4v) is 1.37. The summed E-state index contributed by atoms with van der Waals surface area (Å²) in [5, 5.41) is 0. The van der Waals surface area contributed by atoms with Crippen molar-refractivity contribution in [2.75, 3.05) is 18.5 Å². The van der Waals surface area contributed by atoms with Crippen molar-refractivity contribution >= 4 is 5.69 Å². The van der Waals surface area contributed by atoms with Crippen LogP contribution in [-0.4, -0.2) is 18.6 Å². The maximum absolute atomic E-state index is 4.30. The van der Waals surface area contributed by atoms with Crippen molar-refractivity contribution in [3.8, 4) is 0 Å². The van der Waals surface area contributed by atoms with Gasteiger partial charge < -0.3 is 4.90 Å². The summed E-state index contributed by atoms with van der Waals surface area (Å²) in [6, 6.07) is 2.16. The zero-order valence-corrected chi connectivity index (χ0v) is 11.0. The first kappa shape index (κ1) is 13.9. The van der Waals surface area contributed by atoms with Crippen molar-refractivity contribution in [1.29, 1.82) is 0 Å². The molecule has 0 radical (unpaired) electrons. The van der Waals surface area contributed by atoms with E-state index in [1.165, 1.54) is 11.3 Å². The van der Waals surface area contributed by atoms with Gasteiger partial charge in [0.25, 0.3) is 0 Å². The van der Waals surface area contributed by atoms with Gasteiger partial charge >= 0.3 is 0 Å². The highest BCUT2D eigenvalue weighted by Crippen LogP contribution is 2.19. The third-order valence-corrected chi connectivity index (χ3v) is 2.37. The lowest BCUT2D eigenvalue weighted by Crippen LogP contribution is -2.17. The summed E-state index contributed by atoms with van der Waals surface area (Å²) in [5.74, 6) is 0. The standard InChI is InChI=1S/C11H18N2.C2H6/c1-5-10-8-12-9(3)7-11(10)13(4)6-2;1-2/h7-8H,5-6H2,1-4H3;1-2H3. The Balaban J connectivity index is 0.000000921. The van der Waals surface area contributed by atoms with E-state index in [1.54, 1.807) is 0 Å². The Morgan fingerprint density at radius 1 is 1.27 bits per heavy atom. The van der Waals surface area contributed by atoms with E-state index in [2.05, 4.69) is 36.8 Å². The van der Waals surface area contributed by atoms with Crippen LogP contribution in [-0.2, 0) is 6.42 Å². The van der Waals surface area contributed by atoms with E-state index in [0.29, 0.717) is 0 Å². The summed E-state index contributed by atoms with van der Waals surface area (Å²) in [6.07, 6.45) is 3.03. The lowest BCUT2D eigenvalue weighted by Gasteiger charge is -2.20. The van der Waals surface area contributed by atoms with Crippen LogP contribution in [0.1, 0.15) is 39.0 Å². The molecule has 0 unspecified atom stereocenters. The van der Waals surface area contributed by atoms with E-state index < -0.39 is 0 Å². The maximum Gasteiger partial charge on any atom is 0.0429 e. The van der Waals surface area contributed by atoms with E-state index in [9.17, 15) is 0 Å². The SMILES string of the molecule is CC.CCc1cnc(C)cc1N(C)CC. The lowest BCUT2D eigenvalue weighted by molar-refractivity contribution is 0.936. The highest BCUT2D eigenvalue weighted by atomic mass is 15.1. The molecule has 0 N–H and O–H groups in total. The van der Waals surface area contributed by atoms with Crippen LogP contribution >= 0.6 is 0 Å². The first-order chi connectivity index (χ1) is 7.19. The molecule has 0 fully saturated rings. The fourth-order valence-electron chi connectivity index (χ4n) is 1.37. The Hall–Kier alpha value is -1.05. The molecule has 0 aliphatic heterocycles. The Kier molecular flexibility index (Phi) is 6.76. The third-order valence-electron chi connectivity index (χ3n) is 2.37. The predicted octanol–water partition coefficient (Wildman–Crippen LogP) is 3.43. The van der Waals surface area contributed by atoms with Crippen LogP contribution in [0.5, 0.6) is 0 Å². The lowest BCUT2D eigenvalue weighted by atomic mass is 10.1. The number of aryl methyl sites for hydroxylation is 2. The number of nitrogens with zero attached hydrogens (tertiary/aromatic N) is 2. The molecule has 0 saturated heterocycles. The first-order valence-electron chi connectivity index (χ1n) is 5.85. The van der Waals surface area contributed by atoms with Gasteiger partial charge in [-0.3, -0.25) is 4.98 Å². The monoisotopic (exact) mass is 208 g/mol. The molecule has 0 aliphatic carbocycles. The van der Waals surface area contributed by atoms with E-state index >= 15 is 0 Å². The van der Waals surface area contributed by atoms with Crippen molar-refractivity contribution < 1.29 is 0 Å². The molecule has 0 amide bonds. The minimum Gasteiger partial charge on any atom is -0.375 e. The van der Waals surface area contributed by atoms with Gasteiger partial charge in [0.2, 0.25) is 0 Å². The summed E-state index contributed by atoms with van der Waals surface area (Å²) >= 11 is 0. The molecule has 0 saturated carbocycles. The number of aromatic nitrogens is 1. The quantitative estimate of drug-likeness (QED) is 0.756. The van der Waals surface area contributed by atoms with E-state index in [-0.39, 0.29) is 0 Å². The molecule has 0 aliphatic rings. The molecule has 1 aromatic heterocycles. The second-order valence-corrected chi connectivity index (χ2v) is 3.32. The van der Waals surface area contributed by atoms with Gasteiger partial charge in [-0.1, -0.05) is 20.8 Å². The molecule has 1 aromatic rings. The van der Waals surface area contributed by atoms with Crippen LogP contribution in [0.3, 0.4) is 0 Å². The van der Waals surface area contributed by atoms with Crippen LogP contribution in [0, 0.1) is 6.92 Å². The summed E-state index contributed by atoms with van der Waals surface area (Å²) in [5.41, 5.74) is 3.74. The van der Waals surface area contributed by atoms with Gasteiger partial charge in [-0.05, 0) is 31.9 Å². The molecule has 0 bridgehead atoms. The molecular formula is C13H24N2. The average molecular weight is 208 g/mol. The molecule has 0 aromatic carbocycles. The van der Waals surface area contributed by atoms with Crippen molar-refractivity contribution in [2.45, 2.75) is 41.0 Å². The minimum absolute atomic E-state index is 1.04. The number of hydrogen-bond donors (Lipinski definition) is 0. The molecule has 0 atom stereocenters. The van der Waals surface area contributed by atoms with Gasteiger partial charge in [-0.25, -0.2) is 0 Å². The molecule has 2 nitrogen and oxygen atoms in total. The normalized spacial score (nSPS) is 9.20. The van der Waals surface area contributed by atoms with Crippen LogP contribution in [0.4, 0.5) is 5.69 Å². The van der Waals surface area contributed by atoms with Crippen molar-refractivity contribution in [3.63, 3.8) is 0 Å². The van der Waals surface area contributed by atoms with Crippen molar-refractivity contribution in [3.05, 3.63) is 23.5 Å². The summed E-state index contributed by atoms with van der Waals surface area (Å²) < 4.78 is 0. The number of anilines is 1. The van der Waals surface area contributed by atoms with E-state index in [4.69, 9.17) is 0 Å². The van der Waals surface area contributed by atoms with E-state index in [1.807, 2.05) is 27.0 Å². The second kappa shape index (κ2) is 7.27. The molecule has 1 rings (SSSR count). The second-order valence-electron chi connectivity index (χ2n) is 3.32. The molecule has 86 valence electrons. The number of rotatable bonds is 3. The highest BCUT2D eigenvalue weighted by molar-refractivity contribution is 5.52. The minimum atomic E-state index is 1.04. The van der Waals surface area contributed by atoms with Gasteiger partial charge in [0.1, 0.15) is 0 Å². The summed E-state index contributed by atoms with van der Waals surface area (Å²) in [6.45, 7) is 11.4. The highest BCUT2D eigenvalue weighted by Gasteiger charge is 2.04. The van der Waals surface area contributed by atoms with Crippen LogP contribution in [0.15, 0.2) is 12.3 Å². The number of hydrogen-bond acceptors (Lipinski definition) is 2. The van der Waals surface area contributed by atoms with Crippen molar-refractivity contribution in [1.82, 2.24) is 4.98 Å². The Morgan fingerprint density at radius 3 is 2.33 bits per heavy atom. The fraction of sp³-hybridized carbons (Fsp3) is 0.615. The predicted molar refractivity (Wildman–Crippen MR) is 68.6 cm³/mol. The topological polar surface area (TPSA) is 16.1 Å². The first-order valence-corrected chi connectivity index (χ1v) is 5.85. The molecule has 0 spiro atoms. The molecule has 2 heteroatoms. The van der Waals surface area contributed by atoms with Gasteiger partial charge in [0, 0.05) is 31.2 Å². The van der Waals surface area contributed by atoms with Crippen LogP contribution < -0.4 is 4.90 Å². The molecule has 1 heterocycles. The Bertz CT molecular complexity index is 282. The van der Waals surface area contributed by atoms with Crippen LogP contribution in [0.25, 0.3) is 0 Å². The van der Waals surface area contributed by atoms with Gasteiger partial charge in [-0.2, -0.15) is 0 Å². The third kappa shape index (κ3) is 3.90. The van der Waals surface area contributed by atoms with E-state index in [0.717, 1.165) is 18.7 Å². The number of pyridine rings is 1. The maximum atomic E-state index is 4.30. The van der Waals surface area contributed by atoms with Gasteiger partial charge in [0.15, 0.2) is 0 Å². The Labute approximate surface area is 94.3 Å². The van der Waals surface area contributed by atoms with Crippen molar-refractivity contribution in [2.24, 2.45) is 0 Å². The summed E-state index contributed by atoms with van der Waals surface area (Å²) in [4.78, 5) is 6.56. The van der Waals surface area contributed by atoms with Gasteiger partial charge in [-0.15, -0.1) is 0 Å². The average Bonchev–Trinajstić information content (AvgIpc) is 2.30. The van der Waals surface area contributed by atoms with Crippen LogP contribution in [0.2, 0.25) is 0 Å². The largest absolute Gasteiger partial charge is 0.375 e. The smallest absolute Gasteiger partial charge is 0.0429 e.